The van der Waals surface area contributed by atoms with Gasteiger partial charge in [-0.3, -0.25) is 0 Å². The molecule has 14 heavy (non-hydrogen) atoms. The van der Waals surface area contributed by atoms with E-state index in [1.165, 1.54) is 4.79 Å². The quantitative estimate of drug-likeness (QED) is 0.729. The zero-order valence-corrected chi connectivity index (χ0v) is 8.49. The molecule has 0 aliphatic rings. The van der Waals surface area contributed by atoms with E-state index in [-0.39, 0.29) is 0 Å². The molecule has 72 valence electrons. The summed E-state index contributed by atoms with van der Waals surface area (Å²) in [4.78, 5) is 1.31. The van der Waals surface area contributed by atoms with Gasteiger partial charge in [0.05, 0.1) is 10.7 Å². The summed E-state index contributed by atoms with van der Waals surface area (Å²) in [7, 11) is 0. The number of nitrogens with two attached hydrogens (primary N) is 1. The molecule has 2 rings (SSSR count). The van der Waals surface area contributed by atoms with Crippen LogP contribution in [0.4, 0.5) is 0 Å². The van der Waals surface area contributed by atoms with Gasteiger partial charge in [0.15, 0.2) is 0 Å². The predicted octanol–water partition coefficient (Wildman–Crippen LogP) is 2.23. The van der Waals surface area contributed by atoms with Gasteiger partial charge in [0.1, 0.15) is 5.69 Å². The number of nitrogens with zero attached hydrogens (tertiary/aromatic N) is 2. The van der Waals surface area contributed by atoms with Crippen LogP contribution in [0.1, 0.15) is 5.69 Å². The highest BCUT2D eigenvalue weighted by Crippen LogP contribution is 2.28. The summed E-state index contributed by atoms with van der Waals surface area (Å²) in [6.45, 7) is 1.83. The van der Waals surface area contributed by atoms with Gasteiger partial charge in [-0.25, -0.2) is 0 Å². The fourth-order valence-corrected chi connectivity index (χ4v) is 1.62. The molecule has 0 amide bonds. The molecule has 0 saturated heterocycles. The molecule has 1 aromatic heterocycles. The number of nitrogen functional groups attached to an aromatic ring is 1. The lowest BCUT2D eigenvalue weighted by Gasteiger charge is -2.01. The molecule has 0 atom stereocenters. The molecule has 0 fully saturated rings. The Kier molecular flexibility index (Phi) is 2.17. The van der Waals surface area contributed by atoms with Crippen LogP contribution < -0.4 is 5.84 Å². The molecular weight excluding hydrogens is 198 g/mol. The van der Waals surface area contributed by atoms with Crippen molar-refractivity contribution in [1.29, 1.82) is 0 Å². The van der Waals surface area contributed by atoms with Crippen LogP contribution in [-0.2, 0) is 0 Å². The van der Waals surface area contributed by atoms with E-state index in [1.54, 1.807) is 0 Å². The van der Waals surface area contributed by atoms with Crippen molar-refractivity contribution in [3.8, 4) is 11.3 Å². The van der Waals surface area contributed by atoms with Crippen molar-refractivity contribution in [3.05, 3.63) is 41.0 Å². The maximum absolute atomic E-state index is 6.09. The molecule has 0 saturated carbocycles. The number of hydrogen-bond donors (Lipinski definition) is 1. The third kappa shape index (κ3) is 1.36. The Bertz CT molecular complexity index is 448. The minimum atomic E-state index is 0.610. The van der Waals surface area contributed by atoms with Gasteiger partial charge in [-0.05, 0) is 6.92 Å². The van der Waals surface area contributed by atoms with E-state index in [1.807, 2.05) is 37.3 Å². The molecular formula is C10H10ClN3. The van der Waals surface area contributed by atoms with E-state index in [2.05, 4.69) is 5.10 Å². The number of rotatable bonds is 1. The van der Waals surface area contributed by atoms with Crippen LogP contribution in [0.2, 0.25) is 5.02 Å². The first-order valence-electron chi connectivity index (χ1n) is 4.26. The first kappa shape index (κ1) is 9.09. The van der Waals surface area contributed by atoms with Crippen molar-refractivity contribution >= 4 is 11.6 Å². The molecule has 2 N–H and O–H groups in total. The van der Waals surface area contributed by atoms with Crippen LogP contribution in [0, 0.1) is 6.92 Å². The molecule has 0 aliphatic heterocycles. The SMILES string of the molecule is Cc1nn(N)c(-c2ccccc2)c1Cl. The highest BCUT2D eigenvalue weighted by Gasteiger charge is 2.12. The topological polar surface area (TPSA) is 43.8 Å². The summed E-state index contributed by atoms with van der Waals surface area (Å²) in [6, 6.07) is 9.72. The van der Waals surface area contributed by atoms with Gasteiger partial charge in [-0.1, -0.05) is 41.9 Å². The first-order chi connectivity index (χ1) is 6.70. The van der Waals surface area contributed by atoms with Crippen LogP contribution in [-0.4, -0.2) is 9.89 Å². The smallest absolute Gasteiger partial charge is 0.110 e. The monoisotopic (exact) mass is 207 g/mol. The Labute approximate surface area is 87.1 Å². The zero-order chi connectivity index (χ0) is 10.1. The summed E-state index contributed by atoms with van der Waals surface area (Å²) in [5.74, 6) is 5.70. The Hall–Kier alpha value is -1.48. The molecule has 0 bridgehead atoms. The number of hydrogen-bond acceptors (Lipinski definition) is 2. The van der Waals surface area contributed by atoms with E-state index in [9.17, 15) is 0 Å². The second kappa shape index (κ2) is 3.35. The molecule has 3 nitrogen and oxygen atoms in total. The van der Waals surface area contributed by atoms with Crippen molar-refractivity contribution in [2.75, 3.05) is 5.84 Å². The van der Waals surface area contributed by atoms with Crippen LogP contribution >= 0.6 is 11.6 Å². The summed E-state index contributed by atoms with van der Waals surface area (Å²) < 4.78 is 0. The van der Waals surface area contributed by atoms with Gasteiger partial charge < -0.3 is 5.84 Å². The number of halogens is 1. The van der Waals surface area contributed by atoms with Gasteiger partial charge in [-0.2, -0.15) is 9.89 Å². The van der Waals surface area contributed by atoms with Crippen molar-refractivity contribution in [1.82, 2.24) is 9.89 Å². The van der Waals surface area contributed by atoms with E-state index in [4.69, 9.17) is 17.4 Å². The Morgan fingerprint density at radius 1 is 1.29 bits per heavy atom. The van der Waals surface area contributed by atoms with Crippen LogP contribution in [0.15, 0.2) is 30.3 Å². The Balaban J connectivity index is 2.62. The maximum atomic E-state index is 6.09. The van der Waals surface area contributed by atoms with E-state index in [0.29, 0.717) is 5.02 Å². The fourth-order valence-electron chi connectivity index (χ4n) is 1.38. The van der Waals surface area contributed by atoms with Gasteiger partial charge >= 0.3 is 0 Å². The van der Waals surface area contributed by atoms with Crippen molar-refractivity contribution in [3.63, 3.8) is 0 Å². The lowest BCUT2D eigenvalue weighted by atomic mass is 10.1. The van der Waals surface area contributed by atoms with E-state index in [0.717, 1.165) is 17.0 Å². The predicted molar refractivity (Wildman–Crippen MR) is 57.6 cm³/mol. The molecule has 0 radical (unpaired) electrons. The highest BCUT2D eigenvalue weighted by molar-refractivity contribution is 6.33. The minimum absolute atomic E-state index is 0.610. The second-order valence-electron chi connectivity index (χ2n) is 3.06. The van der Waals surface area contributed by atoms with Crippen LogP contribution in [0.3, 0.4) is 0 Å². The van der Waals surface area contributed by atoms with Crippen molar-refractivity contribution in [2.45, 2.75) is 6.92 Å². The second-order valence-corrected chi connectivity index (χ2v) is 3.44. The van der Waals surface area contributed by atoms with E-state index >= 15 is 0 Å². The van der Waals surface area contributed by atoms with Crippen LogP contribution in [0.25, 0.3) is 11.3 Å². The molecule has 0 spiro atoms. The molecule has 2 aromatic rings. The van der Waals surface area contributed by atoms with Gasteiger partial charge in [0, 0.05) is 5.56 Å². The van der Waals surface area contributed by atoms with Gasteiger partial charge in [-0.15, -0.1) is 0 Å². The Morgan fingerprint density at radius 2 is 1.93 bits per heavy atom. The highest BCUT2D eigenvalue weighted by atomic mass is 35.5. The normalized spacial score (nSPS) is 10.4. The number of benzene rings is 1. The standard InChI is InChI=1S/C10H10ClN3/c1-7-9(11)10(14(12)13-7)8-5-3-2-4-6-8/h2-6H,12H2,1H3. The number of aromatic nitrogens is 2. The molecule has 1 heterocycles. The summed E-state index contributed by atoms with van der Waals surface area (Å²) in [5, 5.41) is 4.66. The van der Waals surface area contributed by atoms with Crippen molar-refractivity contribution in [2.24, 2.45) is 0 Å². The molecule has 0 aliphatic carbocycles. The van der Waals surface area contributed by atoms with Gasteiger partial charge in [0.25, 0.3) is 0 Å². The van der Waals surface area contributed by atoms with E-state index < -0.39 is 0 Å². The summed E-state index contributed by atoms with van der Waals surface area (Å²) in [5.41, 5.74) is 2.47. The Morgan fingerprint density at radius 3 is 2.43 bits per heavy atom. The summed E-state index contributed by atoms with van der Waals surface area (Å²) >= 11 is 6.09. The van der Waals surface area contributed by atoms with Crippen molar-refractivity contribution < 1.29 is 0 Å². The fraction of sp³-hybridized carbons (Fsp3) is 0.100. The third-order valence-corrected chi connectivity index (χ3v) is 2.51. The molecule has 0 unspecified atom stereocenters. The first-order valence-corrected chi connectivity index (χ1v) is 4.63. The van der Waals surface area contributed by atoms with Gasteiger partial charge in [0.2, 0.25) is 0 Å². The molecule has 4 heteroatoms. The minimum Gasteiger partial charge on any atom is -0.323 e. The lowest BCUT2D eigenvalue weighted by Crippen LogP contribution is -2.11. The maximum Gasteiger partial charge on any atom is 0.110 e. The van der Waals surface area contributed by atoms with Crippen LogP contribution in [0.5, 0.6) is 0 Å². The number of aryl methyl sites for hydroxylation is 1. The average molecular weight is 208 g/mol. The zero-order valence-electron chi connectivity index (χ0n) is 7.74. The summed E-state index contributed by atoms with van der Waals surface area (Å²) in [6.07, 6.45) is 0. The third-order valence-electron chi connectivity index (χ3n) is 2.06. The largest absolute Gasteiger partial charge is 0.323 e. The average Bonchev–Trinajstić information content (AvgIpc) is 2.43. The molecule has 1 aromatic carbocycles. The lowest BCUT2D eigenvalue weighted by molar-refractivity contribution is 0.824.